The van der Waals surface area contributed by atoms with E-state index in [1.54, 1.807) is 12.1 Å². The molecule has 1 aromatic rings. The molecule has 0 saturated carbocycles. The molecule has 0 N–H and O–H groups in total. The second-order valence-corrected chi connectivity index (χ2v) is 5.41. The third-order valence-electron chi connectivity index (χ3n) is 3.18. The van der Waals surface area contributed by atoms with Crippen molar-refractivity contribution in [1.29, 1.82) is 0 Å². The van der Waals surface area contributed by atoms with Gasteiger partial charge in [0.15, 0.2) is 13.2 Å². The summed E-state index contributed by atoms with van der Waals surface area (Å²) in [6, 6.07) is 3.44. The summed E-state index contributed by atoms with van der Waals surface area (Å²) in [6.45, 7) is 3.05. The summed E-state index contributed by atoms with van der Waals surface area (Å²) in [5.41, 5.74) is 1.58. The number of halogens is 1. The summed E-state index contributed by atoms with van der Waals surface area (Å²) >= 11 is 5.92. The highest BCUT2D eigenvalue weighted by atomic mass is 35.5. The van der Waals surface area contributed by atoms with E-state index in [0.717, 1.165) is 16.0 Å². The SMILES string of the molecule is Cc1cc(Cl)cc(C)c1OCC(=O)OCC(=O)N1CCOC1=O. The number of benzene rings is 1. The van der Waals surface area contributed by atoms with E-state index in [1.165, 1.54) is 0 Å². The van der Waals surface area contributed by atoms with Crippen LogP contribution in [0.25, 0.3) is 0 Å². The van der Waals surface area contributed by atoms with E-state index < -0.39 is 24.6 Å². The van der Waals surface area contributed by atoms with Gasteiger partial charge in [0.25, 0.3) is 5.91 Å². The molecule has 0 spiro atoms. The minimum Gasteiger partial charge on any atom is -0.481 e. The predicted molar refractivity (Wildman–Crippen MR) is 80.4 cm³/mol. The molecule has 0 bridgehead atoms. The lowest BCUT2D eigenvalue weighted by molar-refractivity contribution is -0.152. The van der Waals surface area contributed by atoms with E-state index in [1.807, 2.05) is 13.8 Å². The number of hydrogen-bond donors (Lipinski definition) is 0. The van der Waals surface area contributed by atoms with Crippen molar-refractivity contribution >= 4 is 29.6 Å². The Balaban J connectivity index is 1.82. The zero-order chi connectivity index (χ0) is 17.0. The third kappa shape index (κ3) is 4.35. The van der Waals surface area contributed by atoms with Crippen LogP contribution in [0.5, 0.6) is 5.75 Å². The van der Waals surface area contributed by atoms with Crippen molar-refractivity contribution < 1.29 is 28.6 Å². The van der Waals surface area contributed by atoms with Gasteiger partial charge in [-0.2, -0.15) is 0 Å². The fourth-order valence-corrected chi connectivity index (χ4v) is 2.47. The number of carbonyl (C=O) groups is 3. The Morgan fingerprint density at radius 1 is 1.26 bits per heavy atom. The van der Waals surface area contributed by atoms with Gasteiger partial charge in [-0.05, 0) is 37.1 Å². The van der Waals surface area contributed by atoms with Crippen molar-refractivity contribution in [3.8, 4) is 5.75 Å². The molecular formula is C15H16ClNO6. The number of imide groups is 1. The van der Waals surface area contributed by atoms with Crippen LogP contribution in [0.3, 0.4) is 0 Å². The Hall–Kier alpha value is -2.28. The lowest BCUT2D eigenvalue weighted by Crippen LogP contribution is -2.35. The molecule has 1 fully saturated rings. The van der Waals surface area contributed by atoms with Crippen LogP contribution in [0.2, 0.25) is 5.02 Å². The van der Waals surface area contributed by atoms with Gasteiger partial charge in [-0.1, -0.05) is 11.6 Å². The van der Waals surface area contributed by atoms with Crippen LogP contribution < -0.4 is 4.74 Å². The quantitative estimate of drug-likeness (QED) is 0.760. The Bertz CT molecular complexity index is 622. The van der Waals surface area contributed by atoms with Crippen molar-refractivity contribution in [3.63, 3.8) is 0 Å². The highest BCUT2D eigenvalue weighted by Crippen LogP contribution is 2.26. The van der Waals surface area contributed by atoms with Gasteiger partial charge < -0.3 is 14.2 Å². The number of cyclic esters (lactones) is 1. The van der Waals surface area contributed by atoms with Gasteiger partial charge in [0.05, 0.1) is 6.54 Å². The second kappa shape index (κ2) is 7.32. The lowest BCUT2D eigenvalue weighted by Gasteiger charge is -2.13. The second-order valence-electron chi connectivity index (χ2n) is 4.98. The van der Waals surface area contributed by atoms with Gasteiger partial charge in [-0.15, -0.1) is 0 Å². The number of esters is 1. The average Bonchev–Trinajstić information content (AvgIpc) is 2.89. The minimum absolute atomic E-state index is 0.150. The van der Waals surface area contributed by atoms with E-state index in [4.69, 9.17) is 21.1 Å². The molecule has 0 radical (unpaired) electrons. The van der Waals surface area contributed by atoms with Gasteiger partial charge in [0.1, 0.15) is 12.4 Å². The van der Waals surface area contributed by atoms with Crippen molar-refractivity contribution in [1.82, 2.24) is 4.90 Å². The van der Waals surface area contributed by atoms with Crippen LogP contribution in [-0.4, -0.2) is 49.2 Å². The van der Waals surface area contributed by atoms with Crippen LogP contribution in [-0.2, 0) is 19.1 Å². The molecule has 7 nitrogen and oxygen atoms in total. The molecule has 1 heterocycles. The molecule has 1 aromatic carbocycles. The van der Waals surface area contributed by atoms with Gasteiger partial charge >= 0.3 is 12.1 Å². The Kier molecular flexibility index (Phi) is 5.44. The highest BCUT2D eigenvalue weighted by Gasteiger charge is 2.28. The van der Waals surface area contributed by atoms with Crippen molar-refractivity contribution in [2.75, 3.05) is 26.4 Å². The molecular weight excluding hydrogens is 326 g/mol. The largest absolute Gasteiger partial charge is 0.481 e. The normalized spacial score (nSPS) is 13.7. The first-order valence-corrected chi connectivity index (χ1v) is 7.28. The number of hydrogen-bond acceptors (Lipinski definition) is 6. The molecule has 1 saturated heterocycles. The molecule has 23 heavy (non-hydrogen) atoms. The van der Waals surface area contributed by atoms with E-state index in [2.05, 4.69) is 4.74 Å². The molecule has 1 aliphatic rings. The van der Waals surface area contributed by atoms with Crippen LogP contribution in [0.15, 0.2) is 12.1 Å². The summed E-state index contributed by atoms with van der Waals surface area (Å²) < 4.78 is 14.8. The van der Waals surface area contributed by atoms with E-state index >= 15 is 0 Å². The van der Waals surface area contributed by atoms with E-state index in [9.17, 15) is 14.4 Å². The molecule has 0 atom stereocenters. The number of nitrogens with zero attached hydrogens (tertiary/aromatic N) is 1. The zero-order valence-corrected chi connectivity index (χ0v) is 13.5. The number of carbonyl (C=O) groups excluding carboxylic acids is 3. The summed E-state index contributed by atoms with van der Waals surface area (Å²) in [5.74, 6) is -0.792. The monoisotopic (exact) mass is 341 g/mol. The maximum Gasteiger partial charge on any atom is 0.416 e. The van der Waals surface area contributed by atoms with Crippen LogP contribution in [0, 0.1) is 13.8 Å². The van der Waals surface area contributed by atoms with E-state index in [0.29, 0.717) is 10.8 Å². The maximum absolute atomic E-state index is 11.7. The van der Waals surface area contributed by atoms with Crippen molar-refractivity contribution in [2.24, 2.45) is 0 Å². The number of amides is 2. The van der Waals surface area contributed by atoms with Crippen LogP contribution in [0.4, 0.5) is 4.79 Å². The molecule has 124 valence electrons. The first kappa shape index (κ1) is 17.1. The summed E-state index contributed by atoms with van der Waals surface area (Å²) in [4.78, 5) is 35.4. The predicted octanol–water partition coefficient (Wildman–Crippen LogP) is 1.86. The van der Waals surface area contributed by atoms with Gasteiger partial charge in [0.2, 0.25) is 0 Å². The van der Waals surface area contributed by atoms with E-state index in [-0.39, 0.29) is 19.8 Å². The molecule has 8 heteroatoms. The van der Waals surface area contributed by atoms with Crippen molar-refractivity contribution in [3.05, 3.63) is 28.3 Å². The topological polar surface area (TPSA) is 82.1 Å². The maximum atomic E-state index is 11.7. The first-order chi connectivity index (χ1) is 10.9. The Labute approximate surface area is 138 Å². The Morgan fingerprint density at radius 3 is 2.48 bits per heavy atom. The third-order valence-corrected chi connectivity index (χ3v) is 3.40. The lowest BCUT2D eigenvalue weighted by atomic mass is 10.1. The fraction of sp³-hybridized carbons (Fsp3) is 0.400. The minimum atomic E-state index is -0.727. The molecule has 0 aromatic heterocycles. The molecule has 0 aliphatic carbocycles. The molecule has 1 aliphatic heterocycles. The van der Waals surface area contributed by atoms with Crippen molar-refractivity contribution in [2.45, 2.75) is 13.8 Å². The standard InChI is InChI=1S/C15H16ClNO6/c1-9-5-11(16)6-10(2)14(9)23-8-13(19)22-7-12(18)17-3-4-21-15(17)20/h5-6H,3-4,7-8H2,1-2H3. The van der Waals surface area contributed by atoms with Gasteiger partial charge in [0, 0.05) is 5.02 Å². The highest BCUT2D eigenvalue weighted by molar-refractivity contribution is 6.30. The average molecular weight is 342 g/mol. The summed E-state index contributed by atoms with van der Waals surface area (Å²) in [6.07, 6.45) is -0.727. The van der Waals surface area contributed by atoms with Gasteiger partial charge in [-0.3, -0.25) is 4.79 Å². The molecule has 2 rings (SSSR count). The molecule has 2 amide bonds. The van der Waals surface area contributed by atoms with Gasteiger partial charge in [-0.25, -0.2) is 14.5 Å². The number of rotatable bonds is 5. The molecule has 0 unspecified atom stereocenters. The smallest absolute Gasteiger partial charge is 0.416 e. The number of ether oxygens (including phenoxy) is 3. The van der Waals surface area contributed by atoms with Crippen LogP contribution in [0.1, 0.15) is 11.1 Å². The summed E-state index contributed by atoms with van der Waals surface area (Å²) in [5, 5.41) is 0.582. The zero-order valence-electron chi connectivity index (χ0n) is 12.8. The fourth-order valence-electron chi connectivity index (χ4n) is 2.14. The van der Waals surface area contributed by atoms with Crippen LogP contribution >= 0.6 is 11.6 Å². The first-order valence-electron chi connectivity index (χ1n) is 6.91. The Morgan fingerprint density at radius 2 is 1.91 bits per heavy atom. The summed E-state index contributed by atoms with van der Waals surface area (Å²) in [7, 11) is 0. The number of aryl methyl sites for hydroxylation is 2.